The van der Waals surface area contributed by atoms with Crippen LogP contribution in [0.4, 0.5) is 0 Å². The van der Waals surface area contributed by atoms with Crippen LogP contribution in [-0.2, 0) is 11.3 Å². The number of hydrogen-bond acceptors (Lipinski definition) is 5. The van der Waals surface area contributed by atoms with Gasteiger partial charge in [0.25, 0.3) is 0 Å². The summed E-state index contributed by atoms with van der Waals surface area (Å²) < 4.78 is 11.4. The monoisotopic (exact) mass is 278 g/mol. The average molecular weight is 278 g/mol. The summed E-state index contributed by atoms with van der Waals surface area (Å²) in [6.45, 7) is 1.47. The Kier molecular flexibility index (Phi) is 4.24. The predicted molar refractivity (Wildman–Crippen MR) is 75.0 cm³/mol. The number of rotatable bonds is 5. The number of methoxy groups -OCH3 is 1. The molecule has 0 spiro atoms. The first kappa shape index (κ1) is 14.3. The van der Waals surface area contributed by atoms with Crippen LogP contribution in [0.25, 0.3) is 11.1 Å². The molecule has 0 fully saturated rings. The maximum Gasteiger partial charge on any atom is 0.419 e. The fraction of sp³-hybridized carbons (Fsp3) is 0.429. The summed E-state index contributed by atoms with van der Waals surface area (Å²) in [5.74, 6) is -0.851. The van der Waals surface area contributed by atoms with Crippen molar-refractivity contribution in [3.63, 3.8) is 0 Å². The molecule has 0 saturated heterocycles. The highest BCUT2D eigenvalue weighted by Gasteiger charge is 2.12. The zero-order valence-electron chi connectivity index (χ0n) is 11.9. The summed E-state index contributed by atoms with van der Waals surface area (Å²) in [7, 11) is 5.28. The molecule has 0 saturated carbocycles. The second kappa shape index (κ2) is 5.92. The standard InChI is InChI=1S/C14H18N2O4/c1-15(2)7-4-8-16-11-6-5-10(13(17)19-3)9-12(11)20-14(16)18/h5-6,9H,4,7-8H2,1-3H3. The fourth-order valence-electron chi connectivity index (χ4n) is 2.07. The number of ether oxygens (including phenoxy) is 1. The van der Waals surface area contributed by atoms with Gasteiger partial charge >= 0.3 is 11.7 Å². The Morgan fingerprint density at radius 3 is 2.80 bits per heavy atom. The number of carbonyl (C=O) groups is 1. The Hall–Kier alpha value is -2.08. The molecular formula is C14H18N2O4. The maximum atomic E-state index is 11.8. The molecule has 1 aromatic heterocycles. The largest absolute Gasteiger partial charge is 0.465 e. The minimum atomic E-state index is -0.449. The highest BCUT2D eigenvalue weighted by molar-refractivity contribution is 5.93. The topological polar surface area (TPSA) is 64.7 Å². The van der Waals surface area contributed by atoms with Crippen LogP contribution >= 0.6 is 0 Å². The van der Waals surface area contributed by atoms with Crippen molar-refractivity contribution in [2.75, 3.05) is 27.7 Å². The van der Waals surface area contributed by atoms with Gasteiger partial charge in [0.2, 0.25) is 0 Å². The lowest BCUT2D eigenvalue weighted by Crippen LogP contribution is -2.19. The Morgan fingerprint density at radius 2 is 2.15 bits per heavy atom. The molecule has 2 rings (SSSR count). The van der Waals surface area contributed by atoms with Gasteiger partial charge < -0.3 is 14.1 Å². The van der Waals surface area contributed by atoms with Gasteiger partial charge in [-0.25, -0.2) is 9.59 Å². The van der Waals surface area contributed by atoms with E-state index in [2.05, 4.69) is 9.64 Å². The summed E-state index contributed by atoms with van der Waals surface area (Å²) in [4.78, 5) is 25.3. The van der Waals surface area contributed by atoms with Crippen LogP contribution in [0, 0.1) is 0 Å². The molecule has 108 valence electrons. The third-order valence-corrected chi connectivity index (χ3v) is 3.08. The quantitative estimate of drug-likeness (QED) is 0.772. The Labute approximate surface area is 116 Å². The summed E-state index contributed by atoms with van der Waals surface area (Å²) in [6.07, 6.45) is 0.848. The molecule has 0 aliphatic heterocycles. The molecule has 0 aliphatic carbocycles. The predicted octanol–water partition coefficient (Wildman–Crippen LogP) is 1.33. The normalized spacial score (nSPS) is 11.2. The van der Waals surface area contributed by atoms with Gasteiger partial charge in [-0.05, 0) is 45.3 Å². The van der Waals surface area contributed by atoms with E-state index in [1.807, 2.05) is 14.1 Å². The van der Waals surface area contributed by atoms with Crippen LogP contribution in [-0.4, -0.2) is 43.2 Å². The SMILES string of the molecule is COC(=O)c1ccc2c(c1)oc(=O)n2CCCN(C)C. The fourth-order valence-corrected chi connectivity index (χ4v) is 2.07. The van der Waals surface area contributed by atoms with Crippen molar-refractivity contribution in [3.05, 3.63) is 34.3 Å². The smallest absolute Gasteiger partial charge is 0.419 e. The molecule has 0 aliphatic rings. The van der Waals surface area contributed by atoms with Crippen LogP contribution in [0.2, 0.25) is 0 Å². The van der Waals surface area contributed by atoms with Gasteiger partial charge in [0.15, 0.2) is 5.58 Å². The van der Waals surface area contributed by atoms with Crippen LogP contribution in [0.15, 0.2) is 27.4 Å². The zero-order chi connectivity index (χ0) is 14.7. The van der Waals surface area contributed by atoms with Gasteiger partial charge in [-0.1, -0.05) is 0 Å². The molecule has 6 heteroatoms. The maximum absolute atomic E-state index is 11.8. The van der Waals surface area contributed by atoms with Crippen molar-refractivity contribution in [1.82, 2.24) is 9.47 Å². The van der Waals surface area contributed by atoms with Crippen molar-refractivity contribution in [2.45, 2.75) is 13.0 Å². The molecule has 0 amide bonds. The first-order chi connectivity index (χ1) is 9.52. The van der Waals surface area contributed by atoms with E-state index in [0.29, 0.717) is 23.2 Å². The molecule has 1 heterocycles. The number of nitrogens with zero attached hydrogens (tertiary/aromatic N) is 2. The van der Waals surface area contributed by atoms with Crippen LogP contribution in [0.3, 0.4) is 0 Å². The molecule has 0 atom stereocenters. The number of fused-ring (bicyclic) bond motifs is 1. The molecule has 1 aromatic carbocycles. The molecule has 6 nitrogen and oxygen atoms in total. The van der Waals surface area contributed by atoms with E-state index in [1.165, 1.54) is 13.2 Å². The summed E-state index contributed by atoms with van der Waals surface area (Å²) in [5, 5.41) is 0. The second-order valence-electron chi connectivity index (χ2n) is 4.85. The zero-order valence-corrected chi connectivity index (χ0v) is 11.9. The summed E-state index contributed by atoms with van der Waals surface area (Å²) in [5.41, 5.74) is 1.47. The number of esters is 1. The average Bonchev–Trinajstić information content (AvgIpc) is 2.73. The lowest BCUT2D eigenvalue weighted by Gasteiger charge is -2.09. The molecule has 0 bridgehead atoms. The highest BCUT2D eigenvalue weighted by atomic mass is 16.5. The molecule has 2 aromatic rings. The summed E-state index contributed by atoms with van der Waals surface area (Å²) in [6, 6.07) is 4.87. The minimum Gasteiger partial charge on any atom is -0.465 e. The van der Waals surface area contributed by atoms with Crippen molar-refractivity contribution in [3.8, 4) is 0 Å². The second-order valence-corrected chi connectivity index (χ2v) is 4.85. The molecule has 0 unspecified atom stereocenters. The first-order valence-corrected chi connectivity index (χ1v) is 6.39. The van der Waals surface area contributed by atoms with E-state index in [0.717, 1.165) is 13.0 Å². The van der Waals surface area contributed by atoms with E-state index < -0.39 is 11.7 Å². The Bertz CT molecular complexity index is 669. The molecular weight excluding hydrogens is 260 g/mol. The lowest BCUT2D eigenvalue weighted by molar-refractivity contribution is 0.0601. The van der Waals surface area contributed by atoms with Crippen molar-refractivity contribution < 1.29 is 13.9 Å². The number of carbonyl (C=O) groups excluding carboxylic acids is 1. The van der Waals surface area contributed by atoms with Gasteiger partial charge in [-0.3, -0.25) is 4.57 Å². The number of benzene rings is 1. The van der Waals surface area contributed by atoms with Gasteiger partial charge in [-0.2, -0.15) is 0 Å². The number of hydrogen-bond donors (Lipinski definition) is 0. The van der Waals surface area contributed by atoms with Crippen LogP contribution < -0.4 is 5.76 Å². The van der Waals surface area contributed by atoms with Crippen molar-refractivity contribution in [2.24, 2.45) is 0 Å². The summed E-state index contributed by atoms with van der Waals surface area (Å²) >= 11 is 0. The van der Waals surface area contributed by atoms with Crippen molar-refractivity contribution in [1.29, 1.82) is 0 Å². The van der Waals surface area contributed by atoms with Gasteiger partial charge in [0, 0.05) is 6.54 Å². The Balaban J connectivity index is 2.30. The van der Waals surface area contributed by atoms with E-state index in [4.69, 9.17) is 4.42 Å². The van der Waals surface area contributed by atoms with E-state index in [9.17, 15) is 9.59 Å². The van der Waals surface area contributed by atoms with Gasteiger partial charge in [0.05, 0.1) is 18.2 Å². The number of oxazole rings is 1. The van der Waals surface area contributed by atoms with Gasteiger partial charge in [-0.15, -0.1) is 0 Å². The lowest BCUT2D eigenvalue weighted by atomic mass is 10.2. The van der Waals surface area contributed by atoms with Crippen LogP contribution in [0.1, 0.15) is 16.8 Å². The van der Waals surface area contributed by atoms with E-state index in [-0.39, 0.29) is 0 Å². The molecule has 0 N–H and O–H groups in total. The first-order valence-electron chi connectivity index (χ1n) is 6.39. The number of aryl methyl sites for hydroxylation is 1. The van der Waals surface area contributed by atoms with Gasteiger partial charge in [0.1, 0.15) is 0 Å². The van der Waals surface area contributed by atoms with E-state index >= 15 is 0 Å². The highest BCUT2D eigenvalue weighted by Crippen LogP contribution is 2.16. The van der Waals surface area contributed by atoms with E-state index in [1.54, 1.807) is 16.7 Å². The number of aromatic nitrogens is 1. The third-order valence-electron chi connectivity index (χ3n) is 3.08. The molecule has 0 radical (unpaired) electrons. The van der Waals surface area contributed by atoms with Crippen molar-refractivity contribution >= 4 is 17.1 Å². The molecule has 20 heavy (non-hydrogen) atoms. The Morgan fingerprint density at radius 1 is 1.40 bits per heavy atom. The minimum absolute atomic E-state index is 0.370. The third kappa shape index (κ3) is 2.91. The van der Waals surface area contributed by atoms with Crippen LogP contribution in [0.5, 0.6) is 0 Å².